The fraction of sp³-hybridized carbons (Fsp3) is 0.700. The zero-order valence-corrected chi connectivity index (χ0v) is 14.9. The van der Waals surface area contributed by atoms with Gasteiger partial charge in [0.25, 0.3) is 0 Å². The predicted molar refractivity (Wildman–Crippen MR) is 91.1 cm³/mol. The zero-order valence-electron chi connectivity index (χ0n) is 14.9. The van der Waals surface area contributed by atoms with Crippen molar-refractivity contribution in [1.29, 1.82) is 0 Å². The van der Waals surface area contributed by atoms with Crippen LogP contribution in [-0.4, -0.2) is 29.6 Å². The second kappa shape index (κ2) is 5.92. The van der Waals surface area contributed by atoms with Crippen LogP contribution in [0.1, 0.15) is 52.9 Å². The highest BCUT2D eigenvalue weighted by Gasteiger charge is 2.55. The van der Waals surface area contributed by atoms with E-state index in [1.807, 2.05) is 0 Å². The lowest BCUT2D eigenvalue weighted by molar-refractivity contribution is -0.140. The Morgan fingerprint density at radius 3 is 2.71 bits per heavy atom. The molecule has 1 heterocycles. The first kappa shape index (κ1) is 17.6. The molecule has 0 bridgehead atoms. The average Bonchev–Trinajstić information content (AvgIpc) is 2.87. The van der Waals surface area contributed by atoms with Crippen molar-refractivity contribution in [2.75, 3.05) is 6.61 Å². The fourth-order valence-corrected chi connectivity index (χ4v) is 5.50. The minimum Gasteiger partial charge on any atom is -0.365 e. The van der Waals surface area contributed by atoms with Crippen LogP contribution in [0.3, 0.4) is 0 Å². The van der Waals surface area contributed by atoms with Gasteiger partial charge in [-0.05, 0) is 41.6 Å². The third-order valence-electron chi connectivity index (χ3n) is 6.51. The molecular formula is C20H28O4. The molecule has 1 N–H and O–H groups in total. The minimum absolute atomic E-state index is 0.00963. The summed E-state index contributed by atoms with van der Waals surface area (Å²) in [5, 5.41) is 9.43. The Morgan fingerprint density at radius 2 is 2.08 bits per heavy atom. The van der Waals surface area contributed by atoms with Crippen molar-refractivity contribution in [3.8, 4) is 0 Å². The summed E-state index contributed by atoms with van der Waals surface area (Å²) < 4.78 is 5.05. The van der Waals surface area contributed by atoms with Gasteiger partial charge in [-0.3, -0.25) is 9.59 Å². The molecule has 4 unspecified atom stereocenters. The van der Waals surface area contributed by atoms with Crippen molar-refractivity contribution in [2.24, 2.45) is 22.7 Å². The normalized spacial score (nSPS) is 38.7. The Balaban J connectivity index is 1.87. The van der Waals surface area contributed by atoms with Crippen LogP contribution in [0.2, 0.25) is 0 Å². The van der Waals surface area contributed by atoms with Gasteiger partial charge in [0.1, 0.15) is 5.78 Å². The largest absolute Gasteiger partial charge is 0.365 e. The number of fused-ring (bicyclic) bond motifs is 1. The third-order valence-corrected chi connectivity index (χ3v) is 6.51. The second-order valence-corrected chi connectivity index (χ2v) is 8.71. The van der Waals surface area contributed by atoms with Crippen LogP contribution in [0.25, 0.3) is 0 Å². The van der Waals surface area contributed by atoms with Crippen molar-refractivity contribution in [3.63, 3.8) is 0 Å². The molecular weight excluding hydrogens is 304 g/mol. The lowest BCUT2D eigenvalue weighted by atomic mass is 9.47. The molecule has 1 aliphatic heterocycles. The number of hydrogen-bond donors (Lipinski definition) is 1. The molecule has 4 nitrogen and oxygen atoms in total. The lowest BCUT2D eigenvalue weighted by Crippen LogP contribution is -2.52. The van der Waals surface area contributed by atoms with Crippen LogP contribution in [-0.2, 0) is 14.3 Å². The SMILES string of the molecule is C=C1CCC2C(C)(C)CC(=O)CC2(C)C1CC(=O)C1=CC(O)OC1. The summed E-state index contributed by atoms with van der Waals surface area (Å²) in [5.74, 6) is 0.747. The topological polar surface area (TPSA) is 63.6 Å². The standard InChI is InChI=1S/C20H28O4/c1-12-5-6-17-19(2,3)9-14(21)10-20(17,4)15(12)8-16(22)13-7-18(23)24-11-13/h7,15,17-18,23H,1,5-6,8-11H2,2-4H3. The van der Waals surface area contributed by atoms with Gasteiger partial charge in [-0.25, -0.2) is 0 Å². The monoisotopic (exact) mass is 332 g/mol. The summed E-state index contributed by atoms with van der Waals surface area (Å²) in [6.07, 6.45) is 4.01. The molecule has 0 spiro atoms. The molecule has 0 aromatic heterocycles. The molecule has 4 atom stereocenters. The van der Waals surface area contributed by atoms with E-state index in [1.54, 1.807) is 0 Å². The molecule has 24 heavy (non-hydrogen) atoms. The number of carbonyl (C=O) groups is 2. The Morgan fingerprint density at radius 1 is 1.38 bits per heavy atom. The van der Waals surface area contributed by atoms with Crippen molar-refractivity contribution < 1.29 is 19.4 Å². The Bertz CT molecular complexity index is 615. The maximum absolute atomic E-state index is 12.7. The second-order valence-electron chi connectivity index (χ2n) is 8.71. The average molecular weight is 332 g/mol. The van der Waals surface area contributed by atoms with Gasteiger partial charge in [0, 0.05) is 24.8 Å². The summed E-state index contributed by atoms with van der Waals surface area (Å²) >= 11 is 0. The molecule has 132 valence electrons. The van der Waals surface area contributed by atoms with Crippen molar-refractivity contribution in [2.45, 2.75) is 59.2 Å². The number of aliphatic hydroxyl groups is 1. The van der Waals surface area contributed by atoms with E-state index >= 15 is 0 Å². The molecule has 3 rings (SSSR count). The van der Waals surface area contributed by atoms with Gasteiger partial charge < -0.3 is 9.84 Å². The molecule has 2 saturated carbocycles. The summed E-state index contributed by atoms with van der Waals surface area (Å²) in [4.78, 5) is 25.1. The highest BCUT2D eigenvalue weighted by atomic mass is 16.6. The van der Waals surface area contributed by atoms with Gasteiger partial charge in [-0.2, -0.15) is 0 Å². The Labute approximate surface area is 144 Å². The first-order chi connectivity index (χ1) is 11.1. The number of rotatable bonds is 3. The zero-order chi connectivity index (χ0) is 17.7. The van der Waals surface area contributed by atoms with Crippen molar-refractivity contribution >= 4 is 11.6 Å². The number of carbonyl (C=O) groups excluding carboxylic acids is 2. The molecule has 2 aliphatic carbocycles. The summed E-state index contributed by atoms with van der Waals surface area (Å²) in [6.45, 7) is 10.9. The molecule has 0 radical (unpaired) electrons. The van der Waals surface area contributed by atoms with Crippen LogP contribution in [0.5, 0.6) is 0 Å². The molecule has 0 aromatic rings. The van der Waals surface area contributed by atoms with E-state index in [0.29, 0.717) is 36.5 Å². The molecule has 4 heteroatoms. The van der Waals surface area contributed by atoms with E-state index < -0.39 is 6.29 Å². The van der Waals surface area contributed by atoms with Crippen LogP contribution < -0.4 is 0 Å². The summed E-state index contributed by atoms with van der Waals surface area (Å²) in [6, 6.07) is 0. The van der Waals surface area contributed by atoms with Crippen LogP contribution in [0.15, 0.2) is 23.8 Å². The van der Waals surface area contributed by atoms with Crippen molar-refractivity contribution in [3.05, 3.63) is 23.8 Å². The van der Waals surface area contributed by atoms with E-state index in [0.717, 1.165) is 18.4 Å². The van der Waals surface area contributed by atoms with E-state index in [-0.39, 0.29) is 29.1 Å². The maximum Gasteiger partial charge on any atom is 0.175 e. The van der Waals surface area contributed by atoms with Gasteiger partial charge in [0.2, 0.25) is 0 Å². The highest BCUT2D eigenvalue weighted by molar-refractivity contribution is 5.96. The highest BCUT2D eigenvalue weighted by Crippen LogP contribution is 2.60. The van der Waals surface area contributed by atoms with E-state index in [4.69, 9.17) is 4.74 Å². The number of hydrogen-bond acceptors (Lipinski definition) is 4. The van der Waals surface area contributed by atoms with Crippen LogP contribution in [0, 0.1) is 22.7 Å². The Hall–Kier alpha value is -1.26. The van der Waals surface area contributed by atoms with Gasteiger partial charge in [0.15, 0.2) is 12.1 Å². The summed E-state index contributed by atoms with van der Waals surface area (Å²) in [5.41, 5.74) is 1.40. The van der Waals surface area contributed by atoms with Gasteiger partial charge in [-0.1, -0.05) is 32.9 Å². The molecule has 2 fully saturated rings. The number of aliphatic hydroxyl groups excluding tert-OH is 1. The third kappa shape index (κ3) is 2.91. The van der Waals surface area contributed by atoms with Crippen LogP contribution in [0.4, 0.5) is 0 Å². The molecule has 3 aliphatic rings. The van der Waals surface area contributed by atoms with E-state index in [1.165, 1.54) is 6.08 Å². The smallest absolute Gasteiger partial charge is 0.175 e. The lowest BCUT2D eigenvalue weighted by Gasteiger charge is -2.57. The number of ether oxygens (including phenoxy) is 1. The minimum atomic E-state index is -0.975. The molecule has 0 amide bonds. The van der Waals surface area contributed by atoms with Crippen molar-refractivity contribution in [1.82, 2.24) is 0 Å². The van der Waals surface area contributed by atoms with Gasteiger partial charge in [0.05, 0.1) is 6.61 Å². The van der Waals surface area contributed by atoms with Crippen LogP contribution >= 0.6 is 0 Å². The quantitative estimate of drug-likeness (QED) is 0.806. The summed E-state index contributed by atoms with van der Waals surface area (Å²) in [7, 11) is 0. The van der Waals surface area contributed by atoms with E-state index in [2.05, 4.69) is 27.4 Å². The predicted octanol–water partition coefficient (Wildman–Crippen LogP) is 3.20. The number of ketones is 2. The number of Topliss-reactive ketones (excluding diaryl/α,β-unsaturated/α-hetero) is 2. The molecule has 0 aromatic carbocycles. The Kier molecular flexibility index (Phi) is 4.33. The maximum atomic E-state index is 12.7. The fourth-order valence-electron chi connectivity index (χ4n) is 5.50. The van der Waals surface area contributed by atoms with E-state index in [9.17, 15) is 14.7 Å². The molecule has 0 saturated heterocycles. The van der Waals surface area contributed by atoms with Gasteiger partial charge in [-0.15, -0.1) is 0 Å². The van der Waals surface area contributed by atoms with Gasteiger partial charge >= 0.3 is 0 Å². The number of allylic oxidation sites excluding steroid dienone is 1. The first-order valence-electron chi connectivity index (χ1n) is 8.86. The first-order valence-corrected chi connectivity index (χ1v) is 8.86.